The molecule has 1 aliphatic rings. The van der Waals surface area contributed by atoms with E-state index in [0.717, 1.165) is 5.56 Å². The Balaban J connectivity index is 2.20. The van der Waals surface area contributed by atoms with Crippen molar-refractivity contribution in [2.75, 3.05) is 0 Å². The number of rotatable bonds is 2. The van der Waals surface area contributed by atoms with Crippen LogP contribution in [0.4, 0.5) is 0 Å². The van der Waals surface area contributed by atoms with Gasteiger partial charge in [-0.25, -0.2) is 4.21 Å². The molecule has 5 heteroatoms. The summed E-state index contributed by atoms with van der Waals surface area (Å²) in [5.74, 6) is 0. The lowest BCUT2D eigenvalue weighted by Crippen LogP contribution is -2.10. The van der Waals surface area contributed by atoms with Gasteiger partial charge < -0.3 is 4.55 Å². The van der Waals surface area contributed by atoms with E-state index in [1.165, 1.54) is 0 Å². The molecule has 0 fully saturated rings. The summed E-state index contributed by atoms with van der Waals surface area (Å²) in [7, 11) is 0. The van der Waals surface area contributed by atoms with Gasteiger partial charge in [-0.15, -0.1) is 0 Å². The zero-order valence-corrected chi connectivity index (χ0v) is 8.03. The van der Waals surface area contributed by atoms with Crippen LogP contribution in [0.5, 0.6) is 0 Å². The second kappa shape index (κ2) is 3.91. The largest absolute Gasteiger partial charge is 0.301 e. The van der Waals surface area contributed by atoms with Crippen LogP contribution in [-0.4, -0.2) is 8.76 Å². The fourth-order valence-corrected chi connectivity index (χ4v) is 1.59. The number of hydrogen-bond acceptors (Lipinski definition) is 3. The molecule has 0 amide bonds. The van der Waals surface area contributed by atoms with Gasteiger partial charge in [-0.2, -0.15) is 0 Å². The molecule has 0 saturated carbocycles. The van der Waals surface area contributed by atoms with Crippen molar-refractivity contribution in [3.63, 3.8) is 0 Å². The van der Waals surface area contributed by atoms with E-state index < -0.39 is 11.1 Å². The highest BCUT2D eigenvalue weighted by atomic mass is 32.2. The fourth-order valence-electron chi connectivity index (χ4n) is 1.23. The normalized spacial score (nSPS) is 22.6. The smallest absolute Gasteiger partial charge is 0.205 e. The first-order valence-corrected chi connectivity index (χ1v) is 5.17. The molecule has 2 unspecified atom stereocenters. The van der Waals surface area contributed by atoms with Crippen molar-refractivity contribution < 1.29 is 13.6 Å². The maximum atomic E-state index is 10.7. The summed E-state index contributed by atoms with van der Waals surface area (Å²) in [6, 6.07) is 9.47. The van der Waals surface area contributed by atoms with Crippen LogP contribution in [0.25, 0.3) is 0 Å². The van der Waals surface area contributed by atoms with Crippen LogP contribution in [-0.2, 0) is 15.9 Å². The first-order valence-electron chi connectivity index (χ1n) is 4.06. The molecule has 74 valence electrons. The zero-order chi connectivity index (χ0) is 9.97. The average Bonchev–Trinajstić information content (AvgIpc) is 2.68. The van der Waals surface area contributed by atoms with E-state index in [4.69, 9.17) is 9.39 Å². The zero-order valence-electron chi connectivity index (χ0n) is 7.21. The highest BCUT2D eigenvalue weighted by molar-refractivity contribution is 7.83. The van der Waals surface area contributed by atoms with Crippen LogP contribution < -0.4 is 5.48 Å². The van der Waals surface area contributed by atoms with Gasteiger partial charge >= 0.3 is 0 Å². The Morgan fingerprint density at radius 3 is 2.64 bits per heavy atom. The van der Waals surface area contributed by atoms with E-state index in [1.54, 1.807) is 6.08 Å². The van der Waals surface area contributed by atoms with Gasteiger partial charge in [-0.1, -0.05) is 30.3 Å². The van der Waals surface area contributed by atoms with Gasteiger partial charge in [0.15, 0.2) is 5.03 Å². The maximum absolute atomic E-state index is 10.7. The summed E-state index contributed by atoms with van der Waals surface area (Å²) < 4.78 is 19.5. The lowest BCUT2D eigenvalue weighted by Gasteiger charge is -2.05. The summed E-state index contributed by atoms with van der Waals surface area (Å²) in [5, 5.41) is 0.193. The Hall–Kier alpha value is -1.17. The first kappa shape index (κ1) is 9.39. The minimum Gasteiger partial charge on any atom is -0.301 e. The minimum absolute atomic E-state index is 0.193. The lowest BCUT2D eigenvalue weighted by atomic mass is 10.1. The van der Waals surface area contributed by atoms with Crippen molar-refractivity contribution in [3.05, 3.63) is 47.0 Å². The van der Waals surface area contributed by atoms with Gasteiger partial charge in [0.05, 0.1) is 0 Å². The Bertz CT molecular complexity index is 377. The Kier molecular flexibility index (Phi) is 2.62. The van der Waals surface area contributed by atoms with Crippen LogP contribution in [0.1, 0.15) is 11.7 Å². The quantitative estimate of drug-likeness (QED) is 0.724. The maximum Gasteiger partial charge on any atom is 0.205 e. The molecular formula is C9H9NO3S. The summed E-state index contributed by atoms with van der Waals surface area (Å²) in [6.45, 7) is 0. The van der Waals surface area contributed by atoms with Crippen molar-refractivity contribution in [1.29, 1.82) is 0 Å². The molecule has 0 bridgehead atoms. The van der Waals surface area contributed by atoms with Crippen LogP contribution in [0, 0.1) is 0 Å². The Morgan fingerprint density at radius 1 is 1.36 bits per heavy atom. The van der Waals surface area contributed by atoms with E-state index in [-0.39, 0.29) is 11.1 Å². The summed E-state index contributed by atoms with van der Waals surface area (Å²) in [6.07, 6.45) is 1.30. The van der Waals surface area contributed by atoms with E-state index in [9.17, 15) is 4.21 Å². The Morgan fingerprint density at radius 2 is 2.07 bits per heavy atom. The SMILES string of the molecule is O=S(O)C1=CC(c2ccccc2)ON1. The van der Waals surface area contributed by atoms with Crippen LogP contribution >= 0.6 is 0 Å². The van der Waals surface area contributed by atoms with Crippen LogP contribution in [0.2, 0.25) is 0 Å². The van der Waals surface area contributed by atoms with Gasteiger partial charge in [0.2, 0.25) is 11.1 Å². The second-order valence-electron chi connectivity index (χ2n) is 2.83. The molecule has 4 nitrogen and oxygen atoms in total. The molecule has 2 rings (SSSR count). The van der Waals surface area contributed by atoms with Gasteiger partial charge in [-0.05, 0) is 11.6 Å². The molecular weight excluding hydrogens is 202 g/mol. The second-order valence-corrected chi connectivity index (χ2v) is 3.77. The third-order valence-corrected chi connectivity index (χ3v) is 2.50. The van der Waals surface area contributed by atoms with Crippen molar-refractivity contribution >= 4 is 11.1 Å². The van der Waals surface area contributed by atoms with Crippen molar-refractivity contribution in [1.82, 2.24) is 5.48 Å². The van der Waals surface area contributed by atoms with E-state index in [2.05, 4.69) is 5.48 Å². The molecule has 1 aliphatic heterocycles. The number of hydroxylamine groups is 1. The molecule has 1 aromatic carbocycles. The predicted octanol–water partition coefficient (Wildman–Crippen LogP) is 1.33. The van der Waals surface area contributed by atoms with Gasteiger partial charge in [0.1, 0.15) is 6.10 Å². The van der Waals surface area contributed by atoms with E-state index in [0.29, 0.717) is 0 Å². The van der Waals surface area contributed by atoms with Gasteiger partial charge in [-0.3, -0.25) is 10.3 Å². The molecule has 0 aromatic heterocycles. The van der Waals surface area contributed by atoms with Crippen LogP contribution in [0.15, 0.2) is 41.4 Å². The summed E-state index contributed by atoms with van der Waals surface area (Å²) >= 11 is -2.01. The summed E-state index contributed by atoms with van der Waals surface area (Å²) in [4.78, 5) is 5.12. The van der Waals surface area contributed by atoms with Crippen molar-refractivity contribution in [2.45, 2.75) is 6.10 Å². The number of hydrogen-bond donors (Lipinski definition) is 2. The van der Waals surface area contributed by atoms with Gasteiger partial charge in [0, 0.05) is 0 Å². The Labute approximate surface area is 83.8 Å². The van der Waals surface area contributed by atoms with Crippen LogP contribution in [0.3, 0.4) is 0 Å². The van der Waals surface area contributed by atoms with Gasteiger partial charge in [0.25, 0.3) is 0 Å². The lowest BCUT2D eigenvalue weighted by molar-refractivity contribution is 0.0450. The molecule has 1 heterocycles. The first-order chi connectivity index (χ1) is 6.77. The molecule has 2 atom stereocenters. The average molecular weight is 211 g/mol. The standard InChI is InChI=1S/C9H9NO3S/c11-14(12)9-6-8(13-10-9)7-4-2-1-3-5-7/h1-6,8,10H,(H,11,12). The van der Waals surface area contributed by atoms with E-state index >= 15 is 0 Å². The molecule has 14 heavy (non-hydrogen) atoms. The molecule has 0 spiro atoms. The van der Waals surface area contributed by atoms with E-state index in [1.807, 2.05) is 30.3 Å². The molecule has 0 aliphatic carbocycles. The molecule has 1 aromatic rings. The number of nitrogens with one attached hydrogen (secondary N) is 1. The highest BCUT2D eigenvalue weighted by Crippen LogP contribution is 2.24. The molecule has 0 radical (unpaired) electrons. The predicted molar refractivity (Wildman–Crippen MR) is 52.3 cm³/mol. The van der Waals surface area contributed by atoms with Crippen molar-refractivity contribution in [2.24, 2.45) is 0 Å². The third-order valence-electron chi connectivity index (χ3n) is 1.91. The topological polar surface area (TPSA) is 58.6 Å². The highest BCUT2D eigenvalue weighted by Gasteiger charge is 2.20. The molecule has 2 N–H and O–H groups in total. The third kappa shape index (κ3) is 1.84. The molecule has 0 saturated heterocycles. The minimum atomic E-state index is -2.01. The number of benzene rings is 1. The monoisotopic (exact) mass is 211 g/mol. The summed E-state index contributed by atoms with van der Waals surface area (Å²) in [5.41, 5.74) is 3.36. The van der Waals surface area contributed by atoms with Crippen molar-refractivity contribution in [3.8, 4) is 0 Å². The fraction of sp³-hybridized carbons (Fsp3) is 0.111.